The minimum absolute atomic E-state index is 0.176. The molecule has 1 aromatic carbocycles. The monoisotopic (exact) mass is 399 g/mol. The van der Waals surface area contributed by atoms with Crippen molar-refractivity contribution in [2.75, 3.05) is 0 Å². The molecule has 0 unspecified atom stereocenters. The van der Waals surface area contributed by atoms with Gasteiger partial charge in [-0.2, -0.15) is 0 Å². The minimum Gasteiger partial charge on any atom is -0.481 e. The average molecular weight is 400 g/mol. The Morgan fingerprint density at radius 1 is 1.15 bits per heavy atom. The fourth-order valence-electron chi connectivity index (χ4n) is 3.38. The molecule has 26 heavy (non-hydrogen) atoms. The van der Waals surface area contributed by atoms with Gasteiger partial charge in [-0.3, -0.25) is 4.79 Å². The van der Waals surface area contributed by atoms with E-state index in [1.807, 2.05) is 12.2 Å². The van der Waals surface area contributed by atoms with Crippen molar-refractivity contribution >= 4 is 27.6 Å². The topological polar surface area (TPSA) is 83.5 Å². The molecule has 0 amide bonds. The van der Waals surface area contributed by atoms with Gasteiger partial charge in [0.25, 0.3) is 0 Å². The molecular formula is C19H26ClNO4S. The number of benzene rings is 1. The van der Waals surface area contributed by atoms with E-state index in [4.69, 9.17) is 16.7 Å². The van der Waals surface area contributed by atoms with Crippen LogP contribution in [0.4, 0.5) is 0 Å². The zero-order valence-electron chi connectivity index (χ0n) is 14.8. The van der Waals surface area contributed by atoms with Crippen LogP contribution in [0.15, 0.2) is 41.3 Å². The summed E-state index contributed by atoms with van der Waals surface area (Å²) in [6, 6.07) is 6.21. The molecule has 0 aliphatic heterocycles. The quantitative estimate of drug-likeness (QED) is 0.447. The van der Waals surface area contributed by atoms with Crippen LogP contribution in [-0.4, -0.2) is 25.0 Å². The molecule has 1 aromatic rings. The highest BCUT2D eigenvalue weighted by atomic mass is 35.5. The van der Waals surface area contributed by atoms with Crippen molar-refractivity contribution in [1.29, 1.82) is 0 Å². The lowest BCUT2D eigenvalue weighted by molar-refractivity contribution is -0.137. The van der Waals surface area contributed by atoms with E-state index in [2.05, 4.69) is 4.72 Å². The van der Waals surface area contributed by atoms with Gasteiger partial charge in [0, 0.05) is 17.0 Å². The van der Waals surface area contributed by atoms with E-state index in [-0.39, 0.29) is 11.3 Å². The van der Waals surface area contributed by atoms with Gasteiger partial charge in [-0.25, -0.2) is 13.1 Å². The zero-order chi connectivity index (χ0) is 19.0. The summed E-state index contributed by atoms with van der Waals surface area (Å²) < 4.78 is 28.4. The second-order valence-electron chi connectivity index (χ2n) is 6.84. The molecule has 1 fully saturated rings. The van der Waals surface area contributed by atoms with E-state index in [0.29, 0.717) is 11.4 Å². The number of unbranched alkanes of at least 4 members (excludes halogenated alkanes) is 1. The third-order valence-electron chi connectivity index (χ3n) is 4.75. The van der Waals surface area contributed by atoms with Crippen LogP contribution >= 0.6 is 11.6 Å². The zero-order valence-corrected chi connectivity index (χ0v) is 16.4. The number of carboxylic acid groups (broad SMARTS) is 1. The van der Waals surface area contributed by atoms with Gasteiger partial charge in [0.05, 0.1) is 4.90 Å². The maximum Gasteiger partial charge on any atom is 0.303 e. The molecule has 0 heterocycles. The summed E-state index contributed by atoms with van der Waals surface area (Å²) >= 11 is 5.84. The molecule has 0 bridgehead atoms. The maximum absolute atomic E-state index is 12.7. The predicted molar refractivity (Wildman–Crippen MR) is 103 cm³/mol. The molecule has 0 aromatic heterocycles. The molecular weight excluding hydrogens is 374 g/mol. The number of hydrogen-bond donors (Lipinski definition) is 2. The molecule has 1 aliphatic carbocycles. The van der Waals surface area contributed by atoms with Gasteiger partial charge >= 0.3 is 5.97 Å². The first-order valence-electron chi connectivity index (χ1n) is 8.99. The van der Waals surface area contributed by atoms with E-state index in [9.17, 15) is 13.2 Å². The van der Waals surface area contributed by atoms with Crippen molar-refractivity contribution < 1.29 is 18.3 Å². The van der Waals surface area contributed by atoms with Gasteiger partial charge in [0.15, 0.2) is 0 Å². The van der Waals surface area contributed by atoms with Crippen molar-refractivity contribution in [2.24, 2.45) is 0 Å². The first kappa shape index (κ1) is 20.9. The van der Waals surface area contributed by atoms with Crippen molar-refractivity contribution in [3.05, 3.63) is 41.4 Å². The maximum atomic E-state index is 12.7. The predicted octanol–water partition coefficient (Wildman–Crippen LogP) is 4.52. The van der Waals surface area contributed by atoms with Gasteiger partial charge < -0.3 is 5.11 Å². The van der Waals surface area contributed by atoms with Crippen molar-refractivity contribution in [3.8, 4) is 0 Å². The second-order valence-corrected chi connectivity index (χ2v) is 8.96. The summed E-state index contributed by atoms with van der Waals surface area (Å²) in [7, 11) is -3.58. The number of rotatable bonds is 10. The first-order valence-corrected chi connectivity index (χ1v) is 10.9. The van der Waals surface area contributed by atoms with E-state index in [0.717, 1.165) is 44.9 Å². The van der Waals surface area contributed by atoms with Crippen LogP contribution in [0.2, 0.25) is 5.02 Å². The van der Waals surface area contributed by atoms with Gasteiger partial charge in [0.2, 0.25) is 10.0 Å². The van der Waals surface area contributed by atoms with Gasteiger partial charge in [0.1, 0.15) is 0 Å². The third kappa shape index (κ3) is 6.41. The van der Waals surface area contributed by atoms with Gasteiger partial charge in [-0.05, 0) is 62.8 Å². The van der Waals surface area contributed by atoms with E-state index >= 15 is 0 Å². The molecule has 2 rings (SSSR count). The highest BCUT2D eigenvalue weighted by Gasteiger charge is 2.37. The van der Waals surface area contributed by atoms with Crippen molar-refractivity contribution in [1.82, 2.24) is 4.72 Å². The number of halogens is 1. The molecule has 144 valence electrons. The molecule has 1 saturated carbocycles. The smallest absolute Gasteiger partial charge is 0.303 e. The van der Waals surface area contributed by atoms with Crippen LogP contribution < -0.4 is 4.72 Å². The molecule has 0 atom stereocenters. The number of hydrogen-bond acceptors (Lipinski definition) is 3. The number of carbonyl (C=O) groups is 1. The number of carboxylic acids is 1. The summed E-state index contributed by atoms with van der Waals surface area (Å²) in [6.45, 7) is 0. The Morgan fingerprint density at radius 2 is 1.77 bits per heavy atom. The van der Waals surface area contributed by atoms with Crippen molar-refractivity contribution in [2.45, 2.75) is 68.2 Å². The highest BCUT2D eigenvalue weighted by molar-refractivity contribution is 7.89. The normalized spacial score (nSPS) is 17.0. The molecule has 0 saturated heterocycles. The Balaban J connectivity index is 1.93. The number of allylic oxidation sites excluding steroid dienone is 2. The van der Waals surface area contributed by atoms with Crippen LogP contribution in [0, 0.1) is 0 Å². The fourth-order valence-corrected chi connectivity index (χ4v) is 4.99. The summed E-state index contributed by atoms with van der Waals surface area (Å²) in [5.41, 5.74) is -0.399. The summed E-state index contributed by atoms with van der Waals surface area (Å²) in [6.07, 6.45) is 10.8. The average Bonchev–Trinajstić information content (AvgIpc) is 3.02. The standard InChI is InChI=1S/C19H26ClNO4S/c20-16-9-11-17(12-10-16)26(24,25)21-19(14-6-7-15-19)13-5-3-1-2-4-8-18(22)23/h1,3,9-12,21H,2,4-8,13-15H2,(H,22,23). The fraction of sp³-hybridized carbons (Fsp3) is 0.526. The van der Waals surface area contributed by atoms with Gasteiger partial charge in [-0.1, -0.05) is 36.6 Å². The second kappa shape index (κ2) is 9.53. The summed E-state index contributed by atoms with van der Waals surface area (Å²) in [5, 5.41) is 9.12. The van der Waals surface area contributed by atoms with E-state index in [1.165, 1.54) is 12.1 Å². The molecule has 1 aliphatic rings. The minimum atomic E-state index is -3.58. The summed E-state index contributed by atoms with van der Waals surface area (Å²) in [5.74, 6) is -0.778. The Labute approximate surface area is 160 Å². The highest BCUT2D eigenvalue weighted by Crippen LogP contribution is 2.35. The molecule has 7 heteroatoms. The van der Waals surface area contributed by atoms with E-state index in [1.54, 1.807) is 12.1 Å². The van der Waals surface area contributed by atoms with Gasteiger partial charge in [-0.15, -0.1) is 0 Å². The third-order valence-corrected chi connectivity index (χ3v) is 6.60. The Bertz CT molecular complexity index is 722. The van der Waals surface area contributed by atoms with Crippen LogP contribution in [0.5, 0.6) is 0 Å². The Morgan fingerprint density at radius 3 is 2.38 bits per heavy atom. The first-order chi connectivity index (χ1) is 12.3. The van der Waals surface area contributed by atoms with Crippen molar-refractivity contribution in [3.63, 3.8) is 0 Å². The lowest BCUT2D eigenvalue weighted by Crippen LogP contribution is -2.46. The molecule has 0 spiro atoms. The SMILES string of the molecule is O=C(O)CCCC=CCCC1(NS(=O)(=O)c2ccc(Cl)cc2)CCCC1. The van der Waals surface area contributed by atoms with E-state index < -0.39 is 21.5 Å². The largest absolute Gasteiger partial charge is 0.481 e. The van der Waals surface area contributed by atoms with Crippen LogP contribution in [0.3, 0.4) is 0 Å². The lowest BCUT2D eigenvalue weighted by Gasteiger charge is -2.29. The summed E-state index contributed by atoms with van der Waals surface area (Å²) in [4.78, 5) is 10.7. The number of nitrogens with one attached hydrogen (secondary N) is 1. The molecule has 2 N–H and O–H groups in total. The number of aliphatic carboxylic acids is 1. The van der Waals surface area contributed by atoms with Crippen LogP contribution in [0.25, 0.3) is 0 Å². The van der Waals surface area contributed by atoms with Crippen LogP contribution in [0.1, 0.15) is 57.8 Å². The number of sulfonamides is 1. The lowest BCUT2D eigenvalue weighted by atomic mass is 9.93. The molecule has 0 radical (unpaired) electrons. The Kier molecular flexibility index (Phi) is 7.68. The Hall–Kier alpha value is -1.37. The van der Waals surface area contributed by atoms with Crippen LogP contribution in [-0.2, 0) is 14.8 Å². The molecule has 5 nitrogen and oxygen atoms in total.